The minimum absolute atomic E-state index is 0.0382. The number of hydrogen-bond donors (Lipinski definition) is 0. The maximum atomic E-state index is 15.3. The zero-order valence-electron chi connectivity index (χ0n) is 28.8. The van der Waals surface area contributed by atoms with Gasteiger partial charge in [0.15, 0.2) is 69.8 Å². The third kappa shape index (κ3) is 7.82. The number of carbonyl (C=O) groups excluding carboxylic acids is 1. The Morgan fingerprint density at radius 2 is 0.648 bits per heavy atom. The van der Waals surface area contributed by atoms with Crippen molar-refractivity contribution in [2.45, 2.75) is 52.6 Å². The molecule has 0 aliphatic carbocycles. The quantitative estimate of drug-likeness (QED) is 0.0447. The highest BCUT2D eigenvalue weighted by Gasteiger charge is 2.61. The van der Waals surface area contributed by atoms with Crippen molar-refractivity contribution in [1.29, 1.82) is 0 Å². The van der Waals surface area contributed by atoms with Crippen LogP contribution in [0.5, 0.6) is 0 Å². The van der Waals surface area contributed by atoms with Crippen molar-refractivity contribution in [2.75, 3.05) is 6.61 Å². The highest BCUT2D eigenvalue weighted by Crippen LogP contribution is 2.35. The average Bonchev–Trinajstić information content (AvgIpc) is 3.07. The largest absolute Gasteiger partial charge is 0.513 e. The summed E-state index contributed by atoms with van der Waals surface area (Å²) in [6.45, 7) is 8.36. The molecule has 0 bridgehead atoms. The summed E-state index contributed by atoms with van der Waals surface area (Å²) in [5.41, 5.74) is 0. The molecular weight excluding hydrogens is 838 g/mol. The number of esters is 1. The van der Waals surface area contributed by atoms with Gasteiger partial charge in [0.05, 0.1) is 11.8 Å². The van der Waals surface area contributed by atoms with Crippen molar-refractivity contribution in [3.8, 4) is 0 Å². The van der Waals surface area contributed by atoms with E-state index in [2.05, 4.69) is 6.58 Å². The van der Waals surface area contributed by atoms with Gasteiger partial charge in [0.25, 0.3) is 0 Å². The fourth-order valence-corrected chi connectivity index (χ4v) is 21.8. The van der Waals surface area contributed by atoms with Crippen LogP contribution < -0.4 is 15.6 Å². The second kappa shape index (κ2) is 15.6. The fourth-order valence-electron chi connectivity index (χ4n) is 5.22. The van der Waals surface area contributed by atoms with Crippen LogP contribution in [-0.2, 0) is 21.9 Å². The van der Waals surface area contributed by atoms with E-state index in [1.165, 1.54) is 6.92 Å². The summed E-state index contributed by atoms with van der Waals surface area (Å²) in [6, 6.07) is 0. The number of rotatable bonds is 13. The van der Waals surface area contributed by atoms with E-state index in [4.69, 9.17) is 17.1 Å². The minimum Gasteiger partial charge on any atom is -0.462 e. The van der Waals surface area contributed by atoms with Crippen LogP contribution in [0.4, 0.5) is 65.9 Å². The molecule has 0 fully saturated rings. The van der Waals surface area contributed by atoms with Crippen molar-refractivity contribution >= 4 is 55.3 Å². The summed E-state index contributed by atoms with van der Waals surface area (Å²) >= 11 is 0. The second-order valence-corrected chi connectivity index (χ2v) is 27.6. The molecule has 0 radical (unpaired) electrons. The van der Waals surface area contributed by atoms with Crippen molar-refractivity contribution in [1.82, 2.24) is 0 Å². The standard InChI is InChI=1S/C30H27F15O5Si4/c1-9-10-47-30(46)11(2)54(48-51(3,4)27-21(40)15(34)12(31)16(35)22(27)41,49-52(5,6)28-23(42)17(36)13(32)18(37)24(28)43)50-53(7,8)29-25(44)19(38)14(33)20(39)26(29)45/h2,9-10H2,1,3-8H3. The highest BCUT2D eigenvalue weighted by atomic mass is 28.5. The van der Waals surface area contributed by atoms with Crippen LogP contribution in [0.2, 0.25) is 39.3 Å². The van der Waals surface area contributed by atoms with Gasteiger partial charge in [0, 0.05) is 15.6 Å². The number of carbonyl (C=O) groups is 1. The summed E-state index contributed by atoms with van der Waals surface area (Å²) in [6.07, 6.45) is 0.0382. The normalized spacial score (nSPS) is 12.8. The summed E-state index contributed by atoms with van der Waals surface area (Å²) in [7, 11) is -21.7. The summed E-state index contributed by atoms with van der Waals surface area (Å²) in [4.78, 5) is 13.4. The minimum atomic E-state index is -6.25. The molecule has 0 spiro atoms. The predicted molar refractivity (Wildman–Crippen MR) is 169 cm³/mol. The number of ether oxygens (including phenoxy) is 1. The Labute approximate surface area is 301 Å². The van der Waals surface area contributed by atoms with Gasteiger partial charge < -0.3 is 17.1 Å². The monoisotopic (exact) mass is 864 g/mol. The Kier molecular flexibility index (Phi) is 13.0. The van der Waals surface area contributed by atoms with Crippen LogP contribution in [0.1, 0.15) is 13.3 Å². The van der Waals surface area contributed by atoms with Crippen LogP contribution in [-0.4, -0.2) is 46.3 Å². The number of halogens is 15. The predicted octanol–water partition coefficient (Wildman–Crippen LogP) is 7.45. The molecule has 0 aliphatic heterocycles. The summed E-state index contributed by atoms with van der Waals surface area (Å²) in [5, 5.41) is -6.52. The Morgan fingerprint density at radius 3 is 0.852 bits per heavy atom. The molecule has 0 aliphatic rings. The van der Waals surface area contributed by atoms with Gasteiger partial charge in [-0.1, -0.05) is 13.5 Å². The van der Waals surface area contributed by atoms with E-state index in [1.807, 2.05) is 0 Å². The first-order valence-electron chi connectivity index (χ1n) is 15.1. The lowest BCUT2D eigenvalue weighted by molar-refractivity contribution is -0.138. The lowest BCUT2D eigenvalue weighted by Crippen LogP contribution is -2.71. The highest BCUT2D eigenvalue weighted by molar-refractivity contribution is 7.01. The van der Waals surface area contributed by atoms with Crippen LogP contribution in [0.25, 0.3) is 0 Å². The van der Waals surface area contributed by atoms with E-state index in [9.17, 15) is 44.3 Å². The van der Waals surface area contributed by atoms with E-state index >= 15 is 26.3 Å². The van der Waals surface area contributed by atoms with E-state index in [0.29, 0.717) is 39.3 Å². The molecule has 0 saturated carbocycles. The Morgan fingerprint density at radius 1 is 0.444 bits per heavy atom. The van der Waals surface area contributed by atoms with Crippen LogP contribution >= 0.6 is 0 Å². The van der Waals surface area contributed by atoms with Crippen molar-refractivity contribution < 1.29 is 87.7 Å². The topological polar surface area (TPSA) is 54.0 Å². The second-order valence-electron chi connectivity index (χ2n) is 12.8. The first-order valence-corrected chi connectivity index (χ1v) is 25.5. The van der Waals surface area contributed by atoms with E-state index < -0.39 is 154 Å². The molecule has 3 rings (SSSR count). The van der Waals surface area contributed by atoms with E-state index in [-0.39, 0.29) is 6.42 Å². The zero-order chi connectivity index (χ0) is 41.8. The summed E-state index contributed by atoms with van der Waals surface area (Å²) in [5.74, 6) is -40.0. The third-order valence-corrected chi connectivity index (χ3v) is 22.9. The molecule has 0 heterocycles. The maximum Gasteiger partial charge on any atom is 0.513 e. The SMILES string of the molecule is C=C(C(=O)OCCC)[Si](O[Si](C)(C)c1c(F)c(F)c(F)c(F)c1F)(O[Si](C)(C)c1c(F)c(F)c(F)c(F)c1F)O[Si](C)(C)c1c(F)c(F)c(F)c(F)c1F. The van der Waals surface area contributed by atoms with Crippen molar-refractivity contribution in [2.24, 2.45) is 0 Å². The van der Waals surface area contributed by atoms with Crippen molar-refractivity contribution in [3.05, 3.63) is 99.0 Å². The first kappa shape index (κ1) is 45.0. The zero-order valence-corrected chi connectivity index (χ0v) is 32.8. The van der Waals surface area contributed by atoms with Gasteiger partial charge in [0.1, 0.15) is 0 Å². The van der Waals surface area contributed by atoms with Gasteiger partial charge in [-0.3, -0.25) is 0 Å². The lowest BCUT2D eigenvalue weighted by atomic mass is 10.3. The molecule has 54 heavy (non-hydrogen) atoms. The average molecular weight is 865 g/mol. The maximum absolute atomic E-state index is 15.3. The molecular formula is C30H27F15O5Si4. The van der Waals surface area contributed by atoms with Crippen molar-refractivity contribution in [3.63, 3.8) is 0 Å². The molecule has 0 unspecified atom stereocenters. The van der Waals surface area contributed by atoms with E-state index in [0.717, 1.165) is 0 Å². The molecule has 298 valence electrons. The van der Waals surface area contributed by atoms with Gasteiger partial charge in [-0.25, -0.2) is 70.7 Å². The number of benzene rings is 3. The number of hydrogen-bond acceptors (Lipinski definition) is 5. The van der Waals surface area contributed by atoms with Crippen LogP contribution in [0.15, 0.2) is 11.8 Å². The van der Waals surface area contributed by atoms with Crippen LogP contribution in [0, 0.1) is 87.3 Å². The molecule has 3 aromatic rings. The van der Waals surface area contributed by atoms with Gasteiger partial charge in [-0.05, 0) is 45.7 Å². The molecule has 0 amide bonds. The van der Waals surface area contributed by atoms with E-state index in [1.54, 1.807) is 0 Å². The summed E-state index contributed by atoms with van der Waals surface area (Å²) < 4.78 is 243. The third-order valence-electron chi connectivity index (χ3n) is 7.66. The van der Waals surface area contributed by atoms with Gasteiger partial charge in [-0.15, -0.1) is 0 Å². The molecule has 0 atom stereocenters. The molecule has 0 saturated heterocycles. The first-order chi connectivity index (χ1) is 24.5. The lowest BCUT2D eigenvalue weighted by Gasteiger charge is -2.45. The molecule has 0 N–H and O–H groups in total. The molecule has 0 aromatic heterocycles. The van der Waals surface area contributed by atoms with Gasteiger partial charge in [-0.2, -0.15) is 0 Å². The van der Waals surface area contributed by atoms with Gasteiger partial charge >= 0.3 is 14.8 Å². The molecule has 5 nitrogen and oxygen atoms in total. The van der Waals surface area contributed by atoms with Gasteiger partial charge in [0.2, 0.25) is 42.4 Å². The molecule has 24 heteroatoms. The fraction of sp³-hybridized carbons (Fsp3) is 0.300. The smallest absolute Gasteiger partial charge is 0.462 e. The molecule has 3 aromatic carbocycles. The Hall–Kier alpha value is -3.43. The Balaban J connectivity index is 2.57. The van der Waals surface area contributed by atoms with Crippen LogP contribution in [0.3, 0.4) is 0 Å². The Bertz CT molecular complexity index is 1760.